The van der Waals surface area contributed by atoms with E-state index in [-0.39, 0.29) is 6.04 Å². The average Bonchev–Trinajstić information content (AvgIpc) is 2.96. The Kier molecular flexibility index (Phi) is 3.05. The van der Waals surface area contributed by atoms with Gasteiger partial charge in [0.1, 0.15) is 5.75 Å². The van der Waals surface area contributed by atoms with Gasteiger partial charge in [-0.1, -0.05) is 46.3 Å². The summed E-state index contributed by atoms with van der Waals surface area (Å²) in [7, 11) is 0. The molecule has 2 heterocycles. The Morgan fingerprint density at radius 1 is 1.18 bits per heavy atom. The van der Waals surface area contributed by atoms with Gasteiger partial charge in [0.05, 0.1) is 11.8 Å². The number of nitrogens with zero attached hydrogens (tertiary/aromatic N) is 2. The summed E-state index contributed by atoms with van der Waals surface area (Å²) in [5.41, 5.74) is 3.06. The van der Waals surface area contributed by atoms with E-state index >= 15 is 0 Å². The third-order valence-corrected chi connectivity index (χ3v) is 4.75. The summed E-state index contributed by atoms with van der Waals surface area (Å²) in [6.45, 7) is 4.14. The van der Waals surface area contributed by atoms with E-state index in [2.05, 4.69) is 65.1 Å². The molecule has 2 aromatic carbocycles. The number of rotatable bonds is 1. The van der Waals surface area contributed by atoms with Crippen LogP contribution in [0.1, 0.15) is 37.4 Å². The summed E-state index contributed by atoms with van der Waals surface area (Å²) in [5, 5.41) is 6.97. The molecule has 112 valence electrons. The van der Waals surface area contributed by atoms with E-state index in [0.717, 1.165) is 22.4 Å². The van der Waals surface area contributed by atoms with Crippen LogP contribution in [0.15, 0.2) is 58.1 Å². The van der Waals surface area contributed by atoms with Crippen molar-refractivity contribution < 1.29 is 4.74 Å². The summed E-state index contributed by atoms with van der Waals surface area (Å²) in [6.07, 6.45) is 0.903. The van der Waals surface area contributed by atoms with E-state index in [0.29, 0.717) is 0 Å². The number of hydrogen-bond acceptors (Lipinski definition) is 3. The van der Waals surface area contributed by atoms with Crippen LogP contribution in [0.2, 0.25) is 0 Å². The fraction of sp³-hybridized carbons (Fsp3) is 0.278. The number of fused-ring (bicyclic) bond motifs is 3. The van der Waals surface area contributed by atoms with Crippen LogP contribution >= 0.6 is 15.9 Å². The van der Waals surface area contributed by atoms with Crippen LogP contribution < -0.4 is 4.74 Å². The van der Waals surface area contributed by atoms with E-state index in [1.165, 1.54) is 11.1 Å². The fourth-order valence-electron chi connectivity index (χ4n) is 3.24. The summed E-state index contributed by atoms with van der Waals surface area (Å²) in [5.74, 6) is 0.957. The van der Waals surface area contributed by atoms with Crippen LogP contribution in [0.5, 0.6) is 5.75 Å². The Morgan fingerprint density at radius 2 is 1.95 bits per heavy atom. The molecule has 2 aromatic rings. The molecule has 0 saturated heterocycles. The molecule has 0 spiro atoms. The van der Waals surface area contributed by atoms with Gasteiger partial charge >= 0.3 is 0 Å². The molecule has 3 nitrogen and oxygen atoms in total. The van der Waals surface area contributed by atoms with Crippen LogP contribution in [0.25, 0.3) is 0 Å². The zero-order chi connectivity index (χ0) is 15.3. The molecule has 2 aliphatic heterocycles. The number of ether oxygens (including phenoxy) is 1. The van der Waals surface area contributed by atoms with Crippen LogP contribution in [0.3, 0.4) is 0 Å². The standard InChI is InChI=1S/C18H17BrN2O/c1-18(2)21-16(14-10-13(19)8-9-17(14)22-18)11-15(20-21)12-6-4-3-5-7-12/h3-10,16H,11H2,1-2H3/t16-/m0/s1. The van der Waals surface area contributed by atoms with Gasteiger partial charge in [-0.05, 0) is 37.6 Å². The van der Waals surface area contributed by atoms with Gasteiger partial charge in [0.25, 0.3) is 0 Å². The van der Waals surface area contributed by atoms with Crippen LogP contribution in [-0.2, 0) is 0 Å². The van der Waals surface area contributed by atoms with E-state index < -0.39 is 5.72 Å². The fourth-order valence-corrected chi connectivity index (χ4v) is 3.62. The molecule has 0 fully saturated rings. The van der Waals surface area contributed by atoms with Crippen molar-refractivity contribution in [3.63, 3.8) is 0 Å². The maximum Gasteiger partial charge on any atom is 0.192 e. The molecule has 4 rings (SSSR count). The van der Waals surface area contributed by atoms with Crippen molar-refractivity contribution in [2.24, 2.45) is 5.10 Å². The van der Waals surface area contributed by atoms with E-state index in [1.54, 1.807) is 0 Å². The minimum Gasteiger partial charge on any atom is -0.467 e. The molecule has 1 atom stereocenters. The van der Waals surface area contributed by atoms with E-state index in [4.69, 9.17) is 9.84 Å². The Morgan fingerprint density at radius 3 is 2.73 bits per heavy atom. The second-order valence-corrected chi connectivity index (χ2v) is 7.12. The van der Waals surface area contributed by atoms with Crippen LogP contribution in [0.4, 0.5) is 0 Å². The Bertz CT molecular complexity index is 755. The lowest BCUT2D eigenvalue weighted by Crippen LogP contribution is -2.48. The Balaban J connectivity index is 1.79. The first-order chi connectivity index (χ1) is 10.5. The molecule has 0 N–H and O–H groups in total. The molecule has 0 amide bonds. The van der Waals surface area contributed by atoms with Crippen molar-refractivity contribution in [2.75, 3.05) is 0 Å². The number of halogens is 1. The van der Waals surface area contributed by atoms with Crippen molar-refractivity contribution in [2.45, 2.75) is 32.0 Å². The molecule has 0 bridgehead atoms. The molecule has 22 heavy (non-hydrogen) atoms. The molecule has 4 heteroatoms. The second-order valence-electron chi connectivity index (χ2n) is 6.21. The smallest absolute Gasteiger partial charge is 0.192 e. The topological polar surface area (TPSA) is 24.8 Å². The molecular weight excluding hydrogens is 340 g/mol. The summed E-state index contributed by atoms with van der Waals surface area (Å²) in [4.78, 5) is 0. The van der Waals surface area contributed by atoms with Gasteiger partial charge in [0.15, 0.2) is 5.72 Å². The minimum absolute atomic E-state index is 0.228. The average molecular weight is 357 g/mol. The lowest BCUT2D eigenvalue weighted by atomic mass is 9.95. The van der Waals surface area contributed by atoms with E-state index in [1.807, 2.05) is 18.2 Å². The van der Waals surface area contributed by atoms with Gasteiger partial charge in [-0.15, -0.1) is 0 Å². The predicted octanol–water partition coefficient (Wildman–Crippen LogP) is 4.73. The second kappa shape index (κ2) is 4.85. The van der Waals surface area contributed by atoms with Gasteiger partial charge < -0.3 is 4.74 Å². The SMILES string of the molecule is CC1(C)Oc2ccc(Br)cc2[C@@H]2CC(c3ccccc3)=NN21. The van der Waals surface area contributed by atoms with Crippen LogP contribution in [0, 0.1) is 0 Å². The Labute approximate surface area is 138 Å². The minimum atomic E-state index is -0.442. The van der Waals surface area contributed by atoms with Gasteiger partial charge in [-0.2, -0.15) is 5.10 Å². The molecule has 2 aliphatic rings. The number of hydrazone groups is 1. The first kappa shape index (κ1) is 13.8. The largest absolute Gasteiger partial charge is 0.467 e. The molecule has 0 aromatic heterocycles. The lowest BCUT2D eigenvalue weighted by molar-refractivity contribution is -0.0911. The maximum absolute atomic E-state index is 6.17. The highest BCUT2D eigenvalue weighted by molar-refractivity contribution is 9.10. The van der Waals surface area contributed by atoms with Gasteiger partial charge in [0.2, 0.25) is 0 Å². The summed E-state index contributed by atoms with van der Waals surface area (Å²) < 4.78 is 7.24. The highest BCUT2D eigenvalue weighted by Gasteiger charge is 2.44. The quantitative estimate of drug-likeness (QED) is 0.737. The lowest BCUT2D eigenvalue weighted by Gasteiger charge is -2.43. The summed E-state index contributed by atoms with van der Waals surface area (Å²) in [6, 6.07) is 16.8. The van der Waals surface area contributed by atoms with Crippen LogP contribution in [-0.4, -0.2) is 16.4 Å². The Hall–Kier alpha value is -1.81. The van der Waals surface area contributed by atoms with Crippen molar-refractivity contribution >= 4 is 21.6 Å². The van der Waals surface area contributed by atoms with Crippen molar-refractivity contribution in [3.8, 4) is 5.75 Å². The summed E-state index contributed by atoms with van der Waals surface area (Å²) >= 11 is 3.56. The van der Waals surface area contributed by atoms with Gasteiger partial charge in [0, 0.05) is 16.5 Å². The number of benzene rings is 2. The maximum atomic E-state index is 6.17. The first-order valence-electron chi connectivity index (χ1n) is 7.45. The van der Waals surface area contributed by atoms with Crippen molar-refractivity contribution in [3.05, 3.63) is 64.1 Å². The third kappa shape index (κ3) is 2.13. The predicted molar refractivity (Wildman–Crippen MR) is 91.0 cm³/mol. The van der Waals surface area contributed by atoms with Crippen molar-refractivity contribution in [1.82, 2.24) is 5.01 Å². The van der Waals surface area contributed by atoms with Crippen molar-refractivity contribution in [1.29, 1.82) is 0 Å². The normalized spacial score (nSPS) is 21.7. The highest BCUT2D eigenvalue weighted by atomic mass is 79.9. The van der Waals surface area contributed by atoms with Gasteiger partial charge in [-0.3, -0.25) is 0 Å². The van der Waals surface area contributed by atoms with Gasteiger partial charge in [-0.25, -0.2) is 5.01 Å². The highest BCUT2D eigenvalue weighted by Crippen LogP contribution is 2.47. The molecule has 0 saturated carbocycles. The molecule has 0 radical (unpaired) electrons. The zero-order valence-corrected chi connectivity index (χ0v) is 14.2. The zero-order valence-electron chi connectivity index (χ0n) is 12.6. The molecular formula is C18H17BrN2O. The first-order valence-corrected chi connectivity index (χ1v) is 8.24. The number of hydrogen-bond donors (Lipinski definition) is 0. The third-order valence-electron chi connectivity index (χ3n) is 4.26. The monoisotopic (exact) mass is 356 g/mol. The van der Waals surface area contributed by atoms with E-state index in [9.17, 15) is 0 Å². The molecule has 0 aliphatic carbocycles. The molecule has 0 unspecified atom stereocenters.